The molecule has 0 bridgehead atoms. The van der Waals surface area contributed by atoms with Gasteiger partial charge in [-0.25, -0.2) is 0 Å². The van der Waals surface area contributed by atoms with Gasteiger partial charge in [-0.3, -0.25) is 4.90 Å². The van der Waals surface area contributed by atoms with Crippen molar-refractivity contribution in [2.75, 3.05) is 20.1 Å². The first-order valence-electron chi connectivity index (χ1n) is 8.08. The third kappa shape index (κ3) is 6.19. The Morgan fingerprint density at radius 1 is 0.833 bits per heavy atom. The first kappa shape index (κ1) is 17.9. The van der Waals surface area contributed by atoms with Crippen LogP contribution in [0.4, 0.5) is 0 Å². The molecule has 0 heterocycles. The summed E-state index contributed by atoms with van der Waals surface area (Å²) >= 11 is 0. The van der Waals surface area contributed by atoms with Gasteiger partial charge in [0.2, 0.25) is 0 Å². The van der Waals surface area contributed by atoms with Crippen molar-refractivity contribution in [3.05, 3.63) is 0 Å². The van der Waals surface area contributed by atoms with E-state index < -0.39 is 0 Å². The Bertz CT molecular complexity index is 168. The van der Waals surface area contributed by atoms with Crippen molar-refractivity contribution in [3.8, 4) is 0 Å². The maximum atomic E-state index is 5.97. The molecule has 2 heteroatoms. The topological polar surface area (TPSA) is 29.3 Å². The van der Waals surface area contributed by atoms with Crippen molar-refractivity contribution in [2.45, 2.75) is 84.1 Å². The van der Waals surface area contributed by atoms with Gasteiger partial charge >= 0.3 is 0 Å². The third-order valence-electron chi connectivity index (χ3n) is 4.60. The van der Waals surface area contributed by atoms with Gasteiger partial charge in [0.15, 0.2) is 0 Å². The minimum atomic E-state index is 0.238. The van der Waals surface area contributed by atoms with Gasteiger partial charge in [0.05, 0.1) is 0 Å². The van der Waals surface area contributed by atoms with Crippen LogP contribution in [0, 0.1) is 0 Å². The van der Waals surface area contributed by atoms with E-state index in [1.165, 1.54) is 51.5 Å². The van der Waals surface area contributed by atoms with Gasteiger partial charge in [-0.2, -0.15) is 0 Å². The quantitative estimate of drug-likeness (QED) is 0.531. The molecular weight excluding hydrogens is 220 g/mol. The van der Waals surface area contributed by atoms with Crippen LogP contribution >= 0.6 is 0 Å². The number of unbranched alkanes of at least 4 members (excludes halogenated alkanes) is 6. The predicted octanol–water partition coefficient (Wildman–Crippen LogP) is 4.19. The summed E-state index contributed by atoms with van der Waals surface area (Å²) in [5.74, 6) is 0. The summed E-state index contributed by atoms with van der Waals surface area (Å²) in [5.41, 5.74) is 6.21. The Kier molecular flexibility index (Phi) is 10.8. The lowest BCUT2D eigenvalue weighted by Crippen LogP contribution is -2.51. The van der Waals surface area contributed by atoms with Crippen LogP contribution in [0.5, 0.6) is 0 Å². The van der Waals surface area contributed by atoms with E-state index >= 15 is 0 Å². The molecule has 0 aliphatic rings. The van der Waals surface area contributed by atoms with E-state index in [0.29, 0.717) is 0 Å². The lowest BCUT2D eigenvalue weighted by Gasteiger charge is -2.40. The van der Waals surface area contributed by atoms with Crippen LogP contribution in [-0.2, 0) is 0 Å². The molecule has 0 saturated carbocycles. The van der Waals surface area contributed by atoms with E-state index in [1.807, 2.05) is 0 Å². The molecule has 110 valence electrons. The number of nitrogens with two attached hydrogens (primary N) is 1. The van der Waals surface area contributed by atoms with Crippen LogP contribution in [0.25, 0.3) is 0 Å². The van der Waals surface area contributed by atoms with E-state index in [2.05, 4.69) is 32.7 Å². The van der Waals surface area contributed by atoms with Crippen LogP contribution in [-0.4, -0.2) is 30.6 Å². The molecule has 0 amide bonds. The zero-order valence-electron chi connectivity index (χ0n) is 13.3. The fourth-order valence-electron chi connectivity index (χ4n) is 2.78. The fourth-order valence-corrected chi connectivity index (χ4v) is 2.78. The molecular formula is C16H36N2. The highest BCUT2D eigenvalue weighted by Crippen LogP contribution is 2.21. The van der Waals surface area contributed by atoms with E-state index in [-0.39, 0.29) is 5.54 Å². The molecule has 0 radical (unpaired) electrons. The van der Waals surface area contributed by atoms with Crippen LogP contribution in [0.15, 0.2) is 0 Å². The summed E-state index contributed by atoms with van der Waals surface area (Å²) in [5, 5.41) is 0. The van der Waals surface area contributed by atoms with Crippen molar-refractivity contribution >= 4 is 0 Å². The van der Waals surface area contributed by atoms with Crippen molar-refractivity contribution < 1.29 is 0 Å². The zero-order valence-corrected chi connectivity index (χ0v) is 13.3. The molecule has 0 aromatic heterocycles. The van der Waals surface area contributed by atoms with Crippen LogP contribution in [0.3, 0.4) is 0 Å². The minimum Gasteiger partial charge on any atom is -0.329 e. The monoisotopic (exact) mass is 256 g/mol. The molecule has 2 N–H and O–H groups in total. The summed E-state index contributed by atoms with van der Waals surface area (Å²) in [6.07, 6.45) is 12.0. The van der Waals surface area contributed by atoms with Crippen molar-refractivity contribution in [2.24, 2.45) is 5.73 Å². The Labute approximate surface area is 115 Å². The summed E-state index contributed by atoms with van der Waals surface area (Å²) in [4.78, 5) is 2.50. The smallest absolute Gasteiger partial charge is 0.0323 e. The molecule has 2 nitrogen and oxygen atoms in total. The Hall–Kier alpha value is -0.0800. The van der Waals surface area contributed by atoms with Crippen LogP contribution in [0.2, 0.25) is 0 Å². The maximum absolute atomic E-state index is 5.97. The molecule has 0 aromatic carbocycles. The number of rotatable bonds is 12. The molecule has 0 rings (SSSR count). The van der Waals surface area contributed by atoms with E-state index in [4.69, 9.17) is 5.73 Å². The molecule has 0 aromatic rings. The van der Waals surface area contributed by atoms with Crippen LogP contribution < -0.4 is 5.73 Å². The number of likely N-dealkylation sites (N-methyl/N-ethyl adjacent to an activating group) is 1. The summed E-state index contributed by atoms with van der Waals surface area (Å²) in [7, 11) is 2.25. The fraction of sp³-hybridized carbons (Fsp3) is 1.00. The van der Waals surface area contributed by atoms with Crippen molar-refractivity contribution in [1.82, 2.24) is 4.90 Å². The zero-order chi connectivity index (χ0) is 13.9. The second kappa shape index (κ2) is 10.8. The van der Waals surface area contributed by atoms with E-state index in [1.54, 1.807) is 0 Å². The highest BCUT2D eigenvalue weighted by molar-refractivity contribution is 4.87. The number of hydrogen-bond acceptors (Lipinski definition) is 2. The number of hydrogen-bond donors (Lipinski definition) is 1. The van der Waals surface area contributed by atoms with Gasteiger partial charge < -0.3 is 5.73 Å². The lowest BCUT2D eigenvalue weighted by molar-refractivity contribution is 0.113. The summed E-state index contributed by atoms with van der Waals surface area (Å²) < 4.78 is 0. The highest BCUT2D eigenvalue weighted by atomic mass is 15.2. The highest BCUT2D eigenvalue weighted by Gasteiger charge is 2.28. The summed E-state index contributed by atoms with van der Waals surface area (Å²) in [6, 6.07) is 0. The minimum absolute atomic E-state index is 0.238. The van der Waals surface area contributed by atoms with Gasteiger partial charge in [0.25, 0.3) is 0 Å². The molecule has 0 fully saturated rings. The Balaban J connectivity index is 3.71. The number of nitrogens with zero attached hydrogens (tertiary/aromatic N) is 1. The molecule has 0 aliphatic heterocycles. The normalized spacial score (nSPS) is 12.3. The van der Waals surface area contributed by atoms with Crippen LogP contribution in [0.1, 0.15) is 78.6 Å². The van der Waals surface area contributed by atoms with Crippen molar-refractivity contribution in [3.63, 3.8) is 0 Å². The average Bonchev–Trinajstić information content (AvgIpc) is 2.40. The van der Waals surface area contributed by atoms with E-state index in [0.717, 1.165) is 19.4 Å². The SMILES string of the molecule is CCCCCCCCCN(C)C(CC)(CC)CN. The lowest BCUT2D eigenvalue weighted by atomic mass is 9.91. The maximum Gasteiger partial charge on any atom is 0.0323 e. The van der Waals surface area contributed by atoms with Gasteiger partial charge in [-0.05, 0) is 32.9 Å². The molecule has 18 heavy (non-hydrogen) atoms. The molecule has 0 aliphatic carbocycles. The predicted molar refractivity (Wildman–Crippen MR) is 83.0 cm³/mol. The first-order chi connectivity index (χ1) is 8.66. The molecule has 0 atom stereocenters. The van der Waals surface area contributed by atoms with Gasteiger partial charge in [0.1, 0.15) is 0 Å². The summed E-state index contributed by atoms with van der Waals surface area (Å²) in [6.45, 7) is 8.78. The standard InChI is InChI=1S/C16H36N2/c1-5-8-9-10-11-12-13-14-18(4)16(6-2,7-3)15-17/h5-15,17H2,1-4H3. The average molecular weight is 256 g/mol. The molecule has 0 spiro atoms. The van der Waals surface area contributed by atoms with Crippen molar-refractivity contribution in [1.29, 1.82) is 0 Å². The molecule has 0 unspecified atom stereocenters. The first-order valence-corrected chi connectivity index (χ1v) is 8.08. The van der Waals surface area contributed by atoms with Gasteiger partial charge in [-0.1, -0.05) is 59.3 Å². The van der Waals surface area contributed by atoms with Gasteiger partial charge in [0, 0.05) is 12.1 Å². The Morgan fingerprint density at radius 3 is 1.78 bits per heavy atom. The third-order valence-corrected chi connectivity index (χ3v) is 4.60. The van der Waals surface area contributed by atoms with Gasteiger partial charge in [-0.15, -0.1) is 0 Å². The second-order valence-corrected chi connectivity index (χ2v) is 5.68. The molecule has 0 saturated heterocycles. The largest absolute Gasteiger partial charge is 0.329 e. The van der Waals surface area contributed by atoms with E-state index in [9.17, 15) is 0 Å². The Morgan fingerprint density at radius 2 is 1.33 bits per heavy atom. The second-order valence-electron chi connectivity index (χ2n) is 5.68.